The number of H-pyrrole nitrogens is 2. The molecule has 0 aliphatic rings. The van der Waals surface area contributed by atoms with Crippen LogP contribution in [-0.2, 0) is 5.41 Å². The van der Waals surface area contributed by atoms with Crippen molar-refractivity contribution in [2.75, 3.05) is 0 Å². The van der Waals surface area contributed by atoms with E-state index >= 15 is 0 Å². The van der Waals surface area contributed by atoms with Gasteiger partial charge in [-0.05, 0) is 12.8 Å². The Morgan fingerprint density at radius 1 is 1.00 bits per heavy atom. The smallest absolute Gasteiger partial charge is 0.268 e. The number of nitrogens with one attached hydrogen (secondary N) is 2. The van der Waals surface area contributed by atoms with Crippen LogP contribution in [0.15, 0.2) is 11.0 Å². The number of fused-ring (bicyclic) bond motifs is 1. The lowest BCUT2D eigenvalue weighted by molar-refractivity contribution is 0.353. The second-order valence-electron chi connectivity index (χ2n) is 6.50. The Morgan fingerprint density at radius 2 is 1.73 bits per heavy atom. The monoisotopic (exact) mass is 304 g/mol. The molecule has 1 atom stereocenters. The summed E-state index contributed by atoms with van der Waals surface area (Å²) in [5.41, 5.74) is 1.06. The average molecular weight is 304 g/mol. The summed E-state index contributed by atoms with van der Waals surface area (Å²) < 4.78 is 0. The summed E-state index contributed by atoms with van der Waals surface area (Å²) in [5.74, 6) is 0.960. The number of hydrogen-bond acceptors (Lipinski definition) is 3. The predicted octanol–water partition coefficient (Wildman–Crippen LogP) is 4.06. The number of nitrogens with zero attached hydrogens (tertiary/aromatic N) is 2. The minimum Gasteiger partial charge on any atom is -0.325 e. The maximum atomic E-state index is 11.4. The van der Waals surface area contributed by atoms with E-state index in [-0.39, 0.29) is 11.0 Å². The van der Waals surface area contributed by atoms with Gasteiger partial charge in [-0.15, -0.1) is 0 Å². The van der Waals surface area contributed by atoms with E-state index in [2.05, 4.69) is 40.7 Å². The average Bonchev–Trinajstić information content (AvgIpc) is 2.93. The summed E-state index contributed by atoms with van der Waals surface area (Å²) in [6.07, 6.45) is 10.9. The zero-order valence-corrected chi connectivity index (χ0v) is 14.0. The van der Waals surface area contributed by atoms with E-state index in [0.29, 0.717) is 11.3 Å². The second kappa shape index (κ2) is 7.56. The summed E-state index contributed by atoms with van der Waals surface area (Å²) in [7, 11) is 0. The molecule has 2 aromatic heterocycles. The number of aromatic amines is 2. The Balaban J connectivity index is 2.23. The third-order valence-corrected chi connectivity index (χ3v) is 4.47. The fourth-order valence-electron chi connectivity index (χ4n) is 2.97. The highest BCUT2D eigenvalue weighted by Gasteiger charge is 2.29. The van der Waals surface area contributed by atoms with Crippen LogP contribution in [0.5, 0.6) is 0 Å². The molecule has 1 unspecified atom stereocenters. The van der Waals surface area contributed by atoms with Crippen molar-refractivity contribution >= 4 is 11.3 Å². The first-order valence-corrected chi connectivity index (χ1v) is 8.54. The maximum Gasteiger partial charge on any atom is 0.268 e. The quantitative estimate of drug-likeness (QED) is 0.686. The van der Waals surface area contributed by atoms with Crippen LogP contribution in [0.25, 0.3) is 11.3 Å². The van der Waals surface area contributed by atoms with Gasteiger partial charge < -0.3 is 9.97 Å². The molecular weight excluding hydrogens is 276 g/mol. The lowest BCUT2D eigenvalue weighted by Crippen LogP contribution is -2.23. The van der Waals surface area contributed by atoms with E-state index in [1.807, 2.05) is 0 Å². The van der Waals surface area contributed by atoms with Crippen LogP contribution in [0.1, 0.15) is 78.0 Å². The molecule has 0 aliphatic carbocycles. The second-order valence-corrected chi connectivity index (χ2v) is 6.50. The topological polar surface area (TPSA) is 74.4 Å². The van der Waals surface area contributed by atoms with Gasteiger partial charge in [0.05, 0.1) is 6.20 Å². The van der Waals surface area contributed by atoms with Crippen molar-refractivity contribution in [2.24, 2.45) is 0 Å². The first-order valence-electron chi connectivity index (χ1n) is 8.54. The molecule has 0 aliphatic heterocycles. The van der Waals surface area contributed by atoms with Crippen LogP contribution in [0.2, 0.25) is 0 Å². The van der Waals surface area contributed by atoms with Gasteiger partial charge in [-0.25, -0.2) is 9.97 Å². The van der Waals surface area contributed by atoms with Crippen molar-refractivity contribution in [3.63, 3.8) is 0 Å². The van der Waals surface area contributed by atoms with E-state index in [0.717, 1.165) is 18.7 Å². The molecule has 0 saturated carbocycles. The molecule has 0 fully saturated rings. The third-order valence-electron chi connectivity index (χ3n) is 4.47. The first kappa shape index (κ1) is 16.7. The summed E-state index contributed by atoms with van der Waals surface area (Å²) >= 11 is 0. The molecule has 2 rings (SSSR count). The van der Waals surface area contributed by atoms with Gasteiger partial charge in [-0.3, -0.25) is 4.79 Å². The fourth-order valence-corrected chi connectivity index (χ4v) is 2.97. The van der Waals surface area contributed by atoms with Crippen LogP contribution < -0.4 is 5.56 Å². The third kappa shape index (κ3) is 3.96. The Morgan fingerprint density at radius 3 is 2.45 bits per heavy atom. The lowest BCUT2D eigenvalue weighted by Gasteiger charge is -2.27. The van der Waals surface area contributed by atoms with Crippen molar-refractivity contribution in [1.29, 1.82) is 0 Å². The van der Waals surface area contributed by atoms with Gasteiger partial charge >= 0.3 is 0 Å². The Kier molecular flexibility index (Phi) is 5.75. The Bertz CT molecular complexity index is 645. The van der Waals surface area contributed by atoms with Crippen LogP contribution >= 0.6 is 0 Å². The number of aromatic nitrogens is 4. The normalized spacial score (nSPS) is 14.3. The minimum absolute atomic E-state index is 0.0291. The number of hydrogen-bond donors (Lipinski definition) is 2. The molecule has 5 heteroatoms. The van der Waals surface area contributed by atoms with Crippen molar-refractivity contribution < 1.29 is 0 Å². The highest BCUT2D eigenvalue weighted by Crippen LogP contribution is 2.34. The Hall–Kier alpha value is -1.65. The van der Waals surface area contributed by atoms with Gasteiger partial charge in [0.1, 0.15) is 5.82 Å². The van der Waals surface area contributed by atoms with E-state index < -0.39 is 0 Å². The molecule has 0 radical (unpaired) electrons. The molecule has 22 heavy (non-hydrogen) atoms. The molecule has 2 N–H and O–H groups in total. The molecule has 2 aromatic rings. The number of unbranched alkanes of at least 4 members (excludes halogenated alkanes) is 4. The van der Waals surface area contributed by atoms with Crippen LogP contribution in [0, 0.1) is 0 Å². The Labute approximate surface area is 132 Å². The molecule has 2 heterocycles. The first-order chi connectivity index (χ1) is 10.6. The fraction of sp³-hybridized carbons (Fsp3) is 0.706. The maximum absolute atomic E-state index is 11.4. The molecule has 0 bridgehead atoms. The molecule has 5 nitrogen and oxygen atoms in total. The number of imidazole rings is 1. The van der Waals surface area contributed by atoms with Crippen molar-refractivity contribution in [2.45, 2.75) is 77.6 Å². The van der Waals surface area contributed by atoms with Gasteiger partial charge in [-0.2, -0.15) is 0 Å². The van der Waals surface area contributed by atoms with Crippen LogP contribution in [0.4, 0.5) is 0 Å². The van der Waals surface area contributed by atoms with Crippen molar-refractivity contribution in [3.05, 3.63) is 22.4 Å². The molecular formula is C17H28N4O. The lowest BCUT2D eigenvalue weighted by atomic mass is 9.79. The van der Waals surface area contributed by atoms with Gasteiger partial charge in [0, 0.05) is 5.41 Å². The zero-order chi connectivity index (χ0) is 16.0. The molecule has 0 spiro atoms. The summed E-state index contributed by atoms with van der Waals surface area (Å²) in [4.78, 5) is 26.2. The predicted molar refractivity (Wildman–Crippen MR) is 90.1 cm³/mol. The SMILES string of the molecule is CCCCCCC(C)(CCCC)c1nc2[nH]c(=O)cnc2[nH]1. The summed E-state index contributed by atoms with van der Waals surface area (Å²) in [6, 6.07) is 0. The largest absolute Gasteiger partial charge is 0.325 e. The molecule has 0 amide bonds. The van der Waals surface area contributed by atoms with E-state index in [9.17, 15) is 4.79 Å². The highest BCUT2D eigenvalue weighted by molar-refractivity contribution is 5.64. The zero-order valence-electron chi connectivity index (χ0n) is 14.0. The van der Waals surface area contributed by atoms with Gasteiger partial charge in [0.2, 0.25) is 0 Å². The van der Waals surface area contributed by atoms with Gasteiger partial charge in [-0.1, -0.05) is 59.3 Å². The van der Waals surface area contributed by atoms with Crippen LogP contribution in [-0.4, -0.2) is 19.9 Å². The highest BCUT2D eigenvalue weighted by atomic mass is 16.1. The standard InChI is InChI=1S/C17H28N4O/c1-4-6-8-9-11-17(3,10-7-5-2)16-20-14-15(21-16)19-13(22)12-18-14/h12H,4-11H2,1-3H3,(H2,18,19,20,21,22). The summed E-state index contributed by atoms with van der Waals surface area (Å²) in [6.45, 7) is 6.73. The van der Waals surface area contributed by atoms with Crippen LogP contribution in [0.3, 0.4) is 0 Å². The van der Waals surface area contributed by atoms with Gasteiger partial charge in [0.25, 0.3) is 5.56 Å². The summed E-state index contributed by atoms with van der Waals surface area (Å²) in [5, 5.41) is 0. The minimum atomic E-state index is -0.205. The van der Waals surface area contributed by atoms with Gasteiger partial charge in [0.15, 0.2) is 11.3 Å². The van der Waals surface area contributed by atoms with E-state index in [1.165, 1.54) is 44.7 Å². The van der Waals surface area contributed by atoms with Crippen molar-refractivity contribution in [3.8, 4) is 0 Å². The van der Waals surface area contributed by atoms with Crippen molar-refractivity contribution in [1.82, 2.24) is 19.9 Å². The van der Waals surface area contributed by atoms with E-state index in [4.69, 9.17) is 0 Å². The number of rotatable bonds is 9. The molecule has 0 aromatic carbocycles. The van der Waals surface area contributed by atoms with E-state index in [1.54, 1.807) is 0 Å². The molecule has 122 valence electrons. The molecule has 0 saturated heterocycles.